The molecule has 1 N–H and O–H groups in total. The van der Waals surface area contributed by atoms with E-state index in [0.29, 0.717) is 24.4 Å². The Kier molecular flexibility index (Phi) is 4.50. The van der Waals surface area contributed by atoms with Gasteiger partial charge in [-0.15, -0.1) is 0 Å². The van der Waals surface area contributed by atoms with E-state index in [-0.39, 0.29) is 0 Å². The maximum Gasteiger partial charge on any atom is 0.231 e. The Labute approximate surface area is 124 Å². The molecule has 1 fully saturated rings. The number of aromatic nitrogens is 2. The van der Waals surface area contributed by atoms with Gasteiger partial charge in [0.15, 0.2) is 6.61 Å². The van der Waals surface area contributed by atoms with E-state index in [2.05, 4.69) is 22.4 Å². The van der Waals surface area contributed by atoms with Crippen molar-refractivity contribution in [2.24, 2.45) is 0 Å². The lowest BCUT2D eigenvalue weighted by molar-refractivity contribution is 0.282. The molecule has 2 atom stereocenters. The molecule has 0 radical (unpaired) electrons. The SMILES string of the molecule is CCNC1CCCC1c1nc(COc2ccccc2)no1. The fourth-order valence-corrected chi connectivity index (χ4v) is 2.90. The van der Waals surface area contributed by atoms with Gasteiger partial charge in [0.1, 0.15) is 5.75 Å². The third-order valence-electron chi connectivity index (χ3n) is 3.89. The van der Waals surface area contributed by atoms with Crippen LogP contribution < -0.4 is 10.1 Å². The van der Waals surface area contributed by atoms with Gasteiger partial charge in [0.05, 0.1) is 5.92 Å². The zero-order chi connectivity index (χ0) is 14.5. The second kappa shape index (κ2) is 6.72. The first-order valence-electron chi connectivity index (χ1n) is 7.60. The topological polar surface area (TPSA) is 60.2 Å². The molecule has 1 heterocycles. The number of hydrogen-bond acceptors (Lipinski definition) is 5. The summed E-state index contributed by atoms with van der Waals surface area (Å²) in [5.41, 5.74) is 0. The number of nitrogens with zero attached hydrogens (tertiary/aromatic N) is 2. The zero-order valence-corrected chi connectivity index (χ0v) is 12.3. The highest BCUT2D eigenvalue weighted by molar-refractivity contribution is 5.21. The molecule has 112 valence electrons. The van der Waals surface area contributed by atoms with Gasteiger partial charge in [-0.1, -0.05) is 36.7 Å². The molecule has 21 heavy (non-hydrogen) atoms. The lowest BCUT2D eigenvalue weighted by Gasteiger charge is -2.16. The number of para-hydroxylation sites is 1. The van der Waals surface area contributed by atoms with Crippen LogP contribution in [-0.2, 0) is 6.61 Å². The van der Waals surface area contributed by atoms with Crippen molar-refractivity contribution in [1.82, 2.24) is 15.5 Å². The Bertz CT molecular complexity index is 556. The van der Waals surface area contributed by atoms with Crippen LogP contribution in [0.25, 0.3) is 0 Å². The molecular weight excluding hydrogens is 266 g/mol. The lowest BCUT2D eigenvalue weighted by Crippen LogP contribution is -2.31. The van der Waals surface area contributed by atoms with Gasteiger partial charge in [0.2, 0.25) is 11.7 Å². The van der Waals surface area contributed by atoms with Crippen LogP contribution in [-0.4, -0.2) is 22.7 Å². The Morgan fingerprint density at radius 3 is 2.95 bits per heavy atom. The minimum atomic E-state index is 0.336. The molecule has 1 aromatic heterocycles. The lowest BCUT2D eigenvalue weighted by atomic mass is 10.0. The zero-order valence-electron chi connectivity index (χ0n) is 12.3. The average Bonchev–Trinajstić information content (AvgIpc) is 3.15. The summed E-state index contributed by atoms with van der Waals surface area (Å²) in [5, 5.41) is 7.53. The third kappa shape index (κ3) is 3.42. The second-order valence-electron chi connectivity index (χ2n) is 5.35. The van der Waals surface area contributed by atoms with Crippen molar-refractivity contribution in [1.29, 1.82) is 0 Å². The highest BCUT2D eigenvalue weighted by Gasteiger charge is 2.32. The standard InChI is InChI=1S/C16H21N3O2/c1-2-17-14-10-6-9-13(14)16-18-15(19-21-16)11-20-12-7-4-3-5-8-12/h3-5,7-8,13-14,17H,2,6,9-11H2,1H3. The Morgan fingerprint density at radius 2 is 2.14 bits per heavy atom. The van der Waals surface area contributed by atoms with E-state index in [0.717, 1.165) is 24.6 Å². The van der Waals surface area contributed by atoms with Crippen LogP contribution in [0.15, 0.2) is 34.9 Å². The van der Waals surface area contributed by atoms with Crippen LogP contribution >= 0.6 is 0 Å². The van der Waals surface area contributed by atoms with Crippen molar-refractivity contribution in [2.75, 3.05) is 6.54 Å². The summed E-state index contributed by atoms with van der Waals surface area (Å²) < 4.78 is 11.1. The third-order valence-corrected chi connectivity index (χ3v) is 3.89. The fourth-order valence-electron chi connectivity index (χ4n) is 2.90. The van der Waals surface area contributed by atoms with Crippen molar-refractivity contribution >= 4 is 0 Å². The van der Waals surface area contributed by atoms with Crippen LogP contribution in [0, 0.1) is 0 Å². The highest BCUT2D eigenvalue weighted by Crippen LogP contribution is 2.33. The van der Waals surface area contributed by atoms with Crippen LogP contribution in [0.4, 0.5) is 0 Å². The number of likely N-dealkylation sites (N-methyl/N-ethyl adjacent to an activating group) is 1. The first-order valence-corrected chi connectivity index (χ1v) is 7.60. The molecule has 0 saturated heterocycles. The van der Waals surface area contributed by atoms with E-state index < -0.39 is 0 Å². The smallest absolute Gasteiger partial charge is 0.231 e. The van der Waals surface area contributed by atoms with Crippen molar-refractivity contribution in [2.45, 2.75) is 44.8 Å². The minimum absolute atomic E-state index is 0.336. The Morgan fingerprint density at radius 1 is 1.29 bits per heavy atom. The summed E-state index contributed by atoms with van der Waals surface area (Å²) in [6.07, 6.45) is 3.50. The van der Waals surface area contributed by atoms with Gasteiger partial charge in [-0.2, -0.15) is 4.98 Å². The summed E-state index contributed by atoms with van der Waals surface area (Å²) in [6, 6.07) is 10.1. The molecule has 5 nitrogen and oxygen atoms in total. The van der Waals surface area contributed by atoms with E-state index >= 15 is 0 Å². The van der Waals surface area contributed by atoms with Crippen LogP contribution in [0.2, 0.25) is 0 Å². The molecule has 2 unspecified atom stereocenters. The first-order chi connectivity index (χ1) is 10.4. The van der Waals surface area contributed by atoms with Gasteiger partial charge < -0.3 is 14.6 Å². The van der Waals surface area contributed by atoms with Gasteiger partial charge in [0.25, 0.3) is 0 Å². The maximum atomic E-state index is 5.64. The highest BCUT2D eigenvalue weighted by atomic mass is 16.5. The largest absolute Gasteiger partial charge is 0.485 e. The maximum absolute atomic E-state index is 5.64. The molecule has 5 heteroatoms. The monoisotopic (exact) mass is 287 g/mol. The van der Waals surface area contributed by atoms with Crippen molar-refractivity contribution in [3.63, 3.8) is 0 Å². The van der Waals surface area contributed by atoms with E-state index in [9.17, 15) is 0 Å². The number of benzene rings is 1. The van der Waals surface area contributed by atoms with E-state index in [4.69, 9.17) is 9.26 Å². The summed E-state index contributed by atoms with van der Waals surface area (Å²) in [7, 11) is 0. The number of nitrogens with one attached hydrogen (secondary N) is 1. The van der Waals surface area contributed by atoms with Gasteiger partial charge in [-0.05, 0) is 31.5 Å². The first kappa shape index (κ1) is 14.1. The molecule has 0 spiro atoms. The summed E-state index contributed by atoms with van der Waals surface area (Å²) in [6.45, 7) is 3.44. The average molecular weight is 287 g/mol. The molecule has 3 rings (SSSR count). The Hall–Kier alpha value is -1.88. The second-order valence-corrected chi connectivity index (χ2v) is 5.35. The number of rotatable bonds is 6. The molecule has 0 amide bonds. The summed E-state index contributed by atoms with van der Waals surface area (Å²) in [4.78, 5) is 4.50. The predicted octanol–water partition coefficient (Wildman–Crippen LogP) is 2.89. The van der Waals surface area contributed by atoms with Gasteiger partial charge >= 0.3 is 0 Å². The van der Waals surface area contributed by atoms with Crippen molar-refractivity contribution in [3.05, 3.63) is 42.0 Å². The molecule has 1 aliphatic rings. The van der Waals surface area contributed by atoms with Gasteiger partial charge in [0, 0.05) is 6.04 Å². The van der Waals surface area contributed by atoms with E-state index in [1.165, 1.54) is 12.8 Å². The van der Waals surface area contributed by atoms with Gasteiger partial charge in [-0.25, -0.2) is 0 Å². The molecule has 1 aromatic carbocycles. The van der Waals surface area contributed by atoms with Crippen LogP contribution in [0.3, 0.4) is 0 Å². The Balaban J connectivity index is 1.61. The number of hydrogen-bond donors (Lipinski definition) is 1. The number of ether oxygens (including phenoxy) is 1. The molecule has 0 bridgehead atoms. The molecule has 1 aliphatic carbocycles. The quantitative estimate of drug-likeness (QED) is 0.885. The van der Waals surface area contributed by atoms with Gasteiger partial charge in [-0.3, -0.25) is 0 Å². The summed E-state index contributed by atoms with van der Waals surface area (Å²) in [5.74, 6) is 2.50. The summed E-state index contributed by atoms with van der Waals surface area (Å²) >= 11 is 0. The van der Waals surface area contributed by atoms with Crippen LogP contribution in [0.1, 0.15) is 43.8 Å². The van der Waals surface area contributed by atoms with E-state index in [1.54, 1.807) is 0 Å². The van der Waals surface area contributed by atoms with Crippen molar-refractivity contribution in [3.8, 4) is 5.75 Å². The van der Waals surface area contributed by atoms with Crippen LogP contribution in [0.5, 0.6) is 5.75 Å². The predicted molar refractivity (Wildman–Crippen MR) is 79.1 cm³/mol. The minimum Gasteiger partial charge on any atom is -0.485 e. The molecule has 1 saturated carbocycles. The molecule has 0 aliphatic heterocycles. The molecule has 2 aromatic rings. The van der Waals surface area contributed by atoms with Crippen molar-refractivity contribution < 1.29 is 9.26 Å². The fraction of sp³-hybridized carbons (Fsp3) is 0.500. The normalized spacial score (nSPS) is 21.6. The molecular formula is C16H21N3O2. The van der Waals surface area contributed by atoms with E-state index in [1.807, 2.05) is 30.3 Å².